The Kier molecular flexibility index (Phi) is 3.03. The number of hydrogen-bond donors (Lipinski definition) is 1. The van der Waals surface area contributed by atoms with Gasteiger partial charge >= 0.3 is 0 Å². The number of halogens is 1. The van der Waals surface area contributed by atoms with E-state index in [2.05, 4.69) is 0 Å². The number of anilines is 1. The first-order valence-corrected chi connectivity index (χ1v) is 5.69. The molecule has 1 unspecified atom stereocenters. The Labute approximate surface area is 100 Å². The van der Waals surface area contributed by atoms with Crippen LogP contribution in [0, 0.1) is 17.1 Å². The average molecular weight is 234 g/mol. The van der Waals surface area contributed by atoms with E-state index in [-0.39, 0.29) is 0 Å². The number of benzene rings is 1. The molecule has 1 aromatic carbocycles. The predicted octanol–water partition coefficient (Wildman–Crippen LogP) is 2.05. The topological polar surface area (TPSA) is 47.3 Å². The Morgan fingerprint density at radius 3 is 2.94 bits per heavy atom. The maximum atomic E-state index is 13.0. The van der Waals surface area contributed by atoms with E-state index in [9.17, 15) is 9.50 Å². The van der Waals surface area contributed by atoms with Crippen LogP contribution in [-0.2, 0) is 0 Å². The lowest BCUT2D eigenvalue weighted by Crippen LogP contribution is -2.46. The van der Waals surface area contributed by atoms with Crippen LogP contribution in [0.1, 0.15) is 25.3 Å². The number of β-amino-alcohol motifs (C(OH)–C–C–N with tert-alkyl or cyclic N) is 1. The normalized spacial score (nSPS) is 24.5. The quantitative estimate of drug-likeness (QED) is 0.809. The highest BCUT2D eigenvalue weighted by Gasteiger charge is 2.29. The Bertz CT molecular complexity index is 465. The molecular weight excluding hydrogens is 219 g/mol. The van der Waals surface area contributed by atoms with E-state index in [0.29, 0.717) is 17.8 Å². The molecule has 0 aromatic heterocycles. The molecule has 0 aliphatic carbocycles. The van der Waals surface area contributed by atoms with Gasteiger partial charge in [-0.2, -0.15) is 5.26 Å². The van der Waals surface area contributed by atoms with E-state index in [1.54, 1.807) is 13.0 Å². The molecule has 0 amide bonds. The standard InChI is InChI=1S/C13H15FN2O/c1-13(17)5-2-6-16(9-13)12-4-3-11(14)7-10(12)8-15/h3-4,7,17H,2,5-6,9H2,1H3. The minimum Gasteiger partial charge on any atom is -0.388 e. The second-order valence-electron chi connectivity index (χ2n) is 4.80. The van der Waals surface area contributed by atoms with Crippen LogP contribution < -0.4 is 4.90 Å². The Morgan fingerprint density at radius 1 is 1.53 bits per heavy atom. The van der Waals surface area contributed by atoms with E-state index in [1.807, 2.05) is 11.0 Å². The van der Waals surface area contributed by atoms with Crippen LogP contribution in [0.2, 0.25) is 0 Å². The van der Waals surface area contributed by atoms with Gasteiger partial charge in [0, 0.05) is 13.1 Å². The van der Waals surface area contributed by atoms with Crippen molar-refractivity contribution in [3.05, 3.63) is 29.6 Å². The van der Waals surface area contributed by atoms with Crippen molar-refractivity contribution in [1.82, 2.24) is 0 Å². The molecule has 1 saturated heterocycles. The van der Waals surface area contributed by atoms with Crippen LogP contribution in [0.15, 0.2) is 18.2 Å². The van der Waals surface area contributed by atoms with Gasteiger partial charge in [0.15, 0.2) is 0 Å². The highest BCUT2D eigenvalue weighted by molar-refractivity contribution is 5.59. The maximum absolute atomic E-state index is 13.0. The zero-order valence-corrected chi connectivity index (χ0v) is 9.78. The van der Waals surface area contributed by atoms with Gasteiger partial charge in [0.05, 0.1) is 16.9 Å². The highest BCUT2D eigenvalue weighted by atomic mass is 19.1. The van der Waals surface area contributed by atoms with Gasteiger partial charge in [-0.3, -0.25) is 0 Å². The minimum absolute atomic E-state index is 0.322. The summed E-state index contributed by atoms with van der Waals surface area (Å²) < 4.78 is 13.0. The van der Waals surface area contributed by atoms with Crippen molar-refractivity contribution in [1.29, 1.82) is 5.26 Å². The van der Waals surface area contributed by atoms with Crippen molar-refractivity contribution < 1.29 is 9.50 Å². The second kappa shape index (κ2) is 4.34. The summed E-state index contributed by atoms with van der Waals surface area (Å²) in [5.74, 6) is -0.408. The fraction of sp³-hybridized carbons (Fsp3) is 0.462. The van der Waals surface area contributed by atoms with Gasteiger partial charge in [-0.15, -0.1) is 0 Å². The molecule has 3 nitrogen and oxygen atoms in total. The molecule has 1 aliphatic heterocycles. The van der Waals surface area contributed by atoms with E-state index in [0.717, 1.165) is 19.4 Å². The van der Waals surface area contributed by atoms with Gasteiger partial charge in [-0.1, -0.05) is 0 Å². The number of nitrogens with zero attached hydrogens (tertiary/aromatic N) is 2. The summed E-state index contributed by atoms with van der Waals surface area (Å²) in [4.78, 5) is 1.95. The van der Waals surface area contributed by atoms with Crippen LogP contribution >= 0.6 is 0 Å². The molecule has 90 valence electrons. The van der Waals surface area contributed by atoms with Crippen molar-refractivity contribution >= 4 is 5.69 Å². The summed E-state index contributed by atoms with van der Waals surface area (Å²) in [6.07, 6.45) is 1.63. The lowest BCUT2D eigenvalue weighted by atomic mass is 9.94. The largest absolute Gasteiger partial charge is 0.388 e. The third kappa shape index (κ3) is 2.56. The van der Waals surface area contributed by atoms with E-state index >= 15 is 0 Å². The van der Waals surface area contributed by atoms with E-state index < -0.39 is 11.4 Å². The molecule has 0 bridgehead atoms. The fourth-order valence-corrected chi connectivity index (χ4v) is 2.30. The zero-order valence-electron chi connectivity index (χ0n) is 9.78. The Balaban J connectivity index is 2.31. The summed E-state index contributed by atoms with van der Waals surface area (Å²) in [6.45, 7) is 3.05. The Hall–Kier alpha value is -1.60. The summed E-state index contributed by atoms with van der Waals surface area (Å²) in [7, 11) is 0. The number of piperidine rings is 1. The molecule has 17 heavy (non-hydrogen) atoms. The van der Waals surface area contributed by atoms with Crippen LogP contribution in [0.25, 0.3) is 0 Å². The molecule has 0 spiro atoms. The second-order valence-corrected chi connectivity index (χ2v) is 4.80. The van der Waals surface area contributed by atoms with Crippen LogP contribution in [0.4, 0.5) is 10.1 Å². The van der Waals surface area contributed by atoms with Gasteiger partial charge in [0.2, 0.25) is 0 Å². The molecule has 2 rings (SSSR count). The zero-order chi connectivity index (χ0) is 12.5. The highest BCUT2D eigenvalue weighted by Crippen LogP contribution is 2.28. The summed E-state index contributed by atoms with van der Waals surface area (Å²) in [5, 5.41) is 19.0. The number of hydrogen-bond acceptors (Lipinski definition) is 3. The molecule has 1 atom stereocenters. The smallest absolute Gasteiger partial charge is 0.124 e. The average Bonchev–Trinajstić information content (AvgIpc) is 2.27. The number of nitriles is 1. The molecule has 1 aliphatic rings. The molecule has 1 fully saturated rings. The molecule has 0 radical (unpaired) electrons. The van der Waals surface area contributed by atoms with Crippen LogP contribution in [-0.4, -0.2) is 23.8 Å². The van der Waals surface area contributed by atoms with Gasteiger partial charge in [0.1, 0.15) is 11.9 Å². The van der Waals surface area contributed by atoms with Crippen molar-refractivity contribution in [3.63, 3.8) is 0 Å². The molecule has 0 saturated carbocycles. The molecule has 1 N–H and O–H groups in total. The first-order chi connectivity index (χ1) is 8.02. The molecule has 4 heteroatoms. The monoisotopic (exact) mass is 234 g/mol. The van der Waals surface area contributed by atoms with Gasteiger partial charge in [-0.25, -0.2) is 4.39 Å². The van der Waals surface area contributed by atoms with Crippen LogP contribution in [0.3, 0.4) is 0 Å². The van der Waals surface area contributed by atoms with Crippen LogP contribution in [0.5, 0.6) is 0 Å². The van der Waals surface area contributed by atoms with Gasteiger partial charge < -0.3 is 10.0 Å². The third-order valence-electron chi connectivity index (χ3n) is 3.09. The van der Waals surface area contributed by atoms with Crippen molar-refractivity contribution in [2.75, 3.05) is 18.0 Å². The van der Waals surface area contributed by atoms with Gasteiger partial charge in [0.25, 0.3) is 0 Å². The van der Waals surface area contributed by atoms with Crippen molar-refractivity contribution in [2.45, 2.75) is 25.4 Å². The van der Waals surface area contributed by atoms with Crippen molar-refractivity contribution in [2.24, 2.45) is 0 Å². The van der Waals surface area contributed by atoms with Crippen molar-refractivity contribution in [3.8, 4) is 6.07 Å². The molecule has 1 aromatic rings. The number of rotatable bonds is 1. The fourth-order valence-electron chi connectivity index (χ4n) is 2.30. The molecule has 1 heterocycles. The first-order valence-electron chi connectivity index (χ1n) is 5.69. The lowest BCUT2D eigenvalue weighted by molar-refractivity contribution is 0.0449. The summed E-state index contributed by atoms with van der Waals surface area (Å²) >= 11 is 0. The summed E-state index contributed by atoms with van der Waals surface area (Å²) in [6, 6.07) is 6.19. The minimum atomic E-state index is -0.737. The number of aliphatic hydroxyl groups is 1. The van der Waals surface area contributed by atoms with Gasteiger partial charge in [-0.05, 0) is 38.0 Å². The summed E-state index contributed by atoms with van der Waals surface area (Å²) in [5.41, 5.74) is 0.288. The SMILES string of the molecule is CC1(O)CCCN(c2ccc(F)cc2C#N)C1. The Morgan fingerprint density at radius 2 is 2.29 bits per heavy atom. The molecular formula is C13H15FN2O. The predicted molar refractivity (Wildman–Crippen MR) is 63.2 cm³/mol. The van der Waals surface area contributed by atoms with E-state index in [1.165, 1.54) is 12.1 Å². The lowest BCUT2D eigenvalue weighted by Gasteiger charge is -2.38. The third-order valence-corrected chi connectivity index (χ3v) is 3.09. The maximum Gasteiger partial charge on any atom is 0.124 e. The first kappa shape index (κ1) is 11.9. The van der Waals surface area contributed by atoms with E-state index in [4.69, 9.17) is 5.26 Å².